The van der Waals surface area contributed by atoms with Gasteiger partial charge in [-0.3, -0.25) is 0 Å². The summed E-state index contributed by atoms with van der Waals surface area (Å²) in [6.45, 7) is 4.63. The lowest BCUT2D eigenvalue weighted by Gasteiger charge is -2.13. The fourth-order valence-electron chi connectivity index (χ4n) is 4.10. The standard InChI is InChI=1S/C27H55O4/c1-3-5-6-7-8-9-10-11-12-13-14-15-16-17-18-19-20-21-22-23-24-26(27(28,29)30)31-25-4-2/h28-30H,3-25H2,1-2H3/q+1. The molecule has 0 aromatic carbocycles. The van der Waals surface area contributed by atoms with E-state index in [1.807, 2.05) is 6.92 Å². The molecular weight excluding hydrogens is 388 g/mol. The fraction of sp³-hybridized carbons (Fsp3) is 0.963. The lowest BCUT2D eigenvalue weighted by Crippen LogP contribution is -2.37. The van der Waals surface area contributed by atoms with Crippen LogP contribution in [0.3, 0.4) is 0 Å². The molecule has 0 aliphatic carbocycles. The summed E-state index contributed by atoms with van der Waals surface area (Å²) in [4.78, 5) is 0. The largest absolute Gasteiger partial charge is 0.471 e. The van der Waals surface area contributed by atoms with Crippen LogP contribution in [0.25, 0.3) is 0 Å². The van der Waals surface area contributed by atoms with Gasteiger partial charge in [-0.1, -0.05) is 129 Å². The van der Waals surface area contributed by atoms with Gasteiger partial charge in [-0.25, -0.2) is 0 Å². The Balaban J connectivity index is 3.26. The van der Waals surface area contributed by atoms with Gasteiger partial charge in [0.15, 0.2) is 0 Å². The molecule has 0 aliphatic heterocycles. The normalized spacial score (nSPS) is 11.9. The fourth-order valence-corrected chi connectivity index (χ4v) is 4.10. The molecule has 0 unspecified atom stereocenters. The molecule has 0 bridgehead atoms. The molecule has 186 valence electrons. The van der Waals surface area contributed by atoms with Crippen molar-refractivity contribution in [1.82, 2.24) is 0 Å². The van der Waals surface area contributed by atoms with Crippen molar-refractivity contribution in [1.29, 1.82) is 0 Å². The summed E-state index contributed by atoms with van der Waals surface area (Å²) in [5.41, 5.74) is 0. The third-order valence-corrected chi connectivity index (χ3v) is 6.11. The molecule has 0 saturated carbocycles. The molecule has 0 saturated heterocycles. The van der Waals surface area contributed by atoms with Gasteiger partial charge < -0.3 is 15.3 Å². The summed E-state index contributed by atoms with van der Waals surface area (Å²) in [5.74, 6) is -2.80. The molecule has 0 rings (SSSR count). The van der Waals surface area contributed by atoms with Crippen LogP contribution >= 0.6 is 0 Å². The maximum Gasteiger partial charge on any atom is 0.471 e. The number of ether oxygens (including phenoxy) is 1. The second-order valence-corrected chi connectivity index (χ2v) is 9.37. The molecule has 0 amide bonds. The molecule has 4 heteroatoms. The molecule has 0 aromatic heterocycles. The minimum Gasteiger partial charge on any atom is -0.301 e. The van der Waals surface area contributed by atoms with Crippen molar-refractivity contribution >= 4 is 0 Å². The highest BCUT2D eigenvalue weighted by atomic mass is 16.7. The van der Waals surface area contributed by atoms with Crippen LogP contribution in [0, 0.1) is 6.10 Å². The maximum absolute atomic E-state index is 9.31. The Bertz CT molecular complexity index is 341. The van der Waals surface area contributed by atoms with Crippen molar-refractivity contribution in [2.24, 2.45) is 0 Å². The second-order valence-electron chi connectivity index (χ2n) is 9.37. The van der Waals surface area contributed by atoms with Gasteiger partial charge in [-0.05, 0) is 19.3 Å². The van der Waals surface area contributed by atoms with Crippen molar-refractivity contribution in [2.75, 3.05) is 6.61 Å². The van der Waals surface area contributed by atoms with Gasteiger partial charge in [0.25, 0.3) is 0 Å². The number of hydrogen-bond acceptors (Lipinski definition) is 4. The van der Waals surface area contributed by atoms with Crippen LogP contribution in [0.2, 0.25) is 0 Å². The molecule has 0 aliphatic rings. The molecule has 0 heterocycles. The van der Waals surface area contributed by atoms with E-state index in [1.54, 1.807) is 0 Å². The maximum atomic E-state index is 9.31. The van der Waals surface area contributed by atoms with E-state index in [2.05, 4.69) is 6.92 Å². The number of aliphatic hydroxyl groups is 3. The first kappa shape index (κ1) is 30.7. The summed E-state index contributed by atoms with van der Waals surface area (Å²) in [6, 6.07) is 0. The zero-order chi connectivity index (χ0) is 23.0. The minimum absolute atomic E-state index is 0.0169. The van der Waals surface area contributed by atoms with Crippen molar-refractivity contribution in [2.45, 2.75) is 161 Å². The van der Waals surface area contributed by atoms with Crippen molar-refractivity contribution in [3.05, 3.63) is 6.10 Å². The van der Waals surface area contributed by atoms with Crippen LogP contribution in [-0.4, -0.2) is 27.9 Å². The first-order valence-corrected chi connectivity index (χ1v) is 13.7. The SMILES string of the molecule is CCCCCCCCCCCCCCCCCCCCCC[C+](OCCC)C(O)(O)O. The van der Waals surface area contributed by atoms with Crippen LogP contribution in [0.1, 0.15) is 155 Å². The topological polar surface area (TPSA) is 69.9 Å². The highest BCUT2D eigenvalue weighted by Crippen LogP contribution is 2.23. The first-order valence-electron chi connectivity index (χ1n) is 13.7. The van der Waals surface area contributed by atoms with Crippen molar-refractivity contribution in [3.8, 4) is 0 Å². The third kappa shape index (κ3) is 22.7. The van der Waals surface area contributed by atoms with E-state index in [0.29, 0.717) is 13.0 Å². The zero-order valence-corrected chi connectivity index (χ0v) is 21.0. The van der Waals surface area contributed by atoms with Gasteiger partial charge >= 0.3 is 12.1 Å². The molecule has 0 atom stereocenters. The van der Waals surface area contributed by atoms with Gasteiger partial charge in [0.1, 0.15) is 6.42 Å². The first-order chi connectivity index (χ1) is 15.0. The molecule has 3 N–H and O–H groups in total. The van der Waals surface area contributed by atoms with Crippen LogP contribution in [0.5, 0.6) is 0 Å². The third-order valence-electron chi connectivity index (χ3n) is 6.11. The molecule has 0 fully saturated rings. The average Bonchev–Trinajstić information content (AvgIpc) is 2.73. The Morgan fingerprint density at radius 2 is 0.806 bits per heavy atom. The summed E-state index contributed by atoms with van der Waals surface area (Å²) in [7, 11) is 0. The highest BCUT2D eigenvalue weighted by molar-refractivity contribution is 4.86. The Morgan fingerprint density at radius 1 is 0.484 bits per heavy atom. The predicted octanol–water partition coefficient (Wildman–Crippen LogP) is 7.79. The highest BCUT2D eigenvalue weighted by Gasteiger charge is 2.47. The van der Waals surface area contributed by atoms with Crippen LogP contribution in [0.15, 0.2) is 0 Å². The van der Waals surface area contributed by atoms with Crippen molar-refractivity contribution in [3.63, 3.8) is 0 Å². The van der Waals surface area contributed by atoms with E-state index in [1.165, 1.54) is 109 Å². The second kappa shape index (κ2) is 22.9. The summed E-state index contributed by atoms with van der Waals surface area (Å²) in [5, 5.41) is 27.9. The van der Waals surface area contributed by atoms with Gasteiger partial charge in [0, 0.05) is 0 Å². The van der Waals surface area contributed by atoms with Crippen LogP contribution in [0.4, 0.5) is 0 Å². The van der Waals surface area contributed by atoms with E-state index in [4.69, 9.17) is 4.74 Å². The smallest absolute Gasteiger partial charge is 0.301 e. The Kier molecular flexibility index (Phi) is 22.7. The molecule has 0 spiro atoms. The Labute approximate surface area is 194 Å². The van der Waals surface area contributed by atoms with Gasteiger partial charge in [-0.15, -0.1) is 0 Å². The zero-order valence-electron chi connectivity index (χ0n) is 21.0. The number of hydrogen-bond donors (Lipinski definition) is 3. The van der Waals surface area contributed by atoms with Gasteiger partial charge in [-0.2, -0.15) is 4.74 Å². The predicted molar refractivity (Wildman–Crippen MR) is 132 cm³/mol. The van der Waals surface area contributed by atoms with E-state index >= 15 is 0 Å². The molecule has 4 nitrogen and oxygen atoms in total. The minimum atomic E-state index is -2.80. The lowest BCUT2D eigenvalue weighted by atomic mass is 10.0. The molecule has 0 radical (unpaired) electrons. The lowest BCUT2D eigenvalue weighted by molar-refractivity contribution is -0.327. The monoisotopic (exact) mass is 443 g/mol. The summed E-state index contributed by atoms with van der Waals surface area (Å²) >= 11 is 0. The van der Waals surface area contributed by atoms with Gasteiger partial charge in [0.2, 0.25) is 0 Å². The molecular formula is C27H55O4+. The number of rotatable bonds is 25. The number of unbranched alkanes of at least 4 members (excludes halogenated alkanes) is 19. The Morgan fingerprint density at radius 3 is 1.10 bits per heavy atom. The van der Waals surface area contributed by atoms with E-state index in [-0.39, 0.29) is 6.10 Å². The van der Waals surface area contributed by atoms with E-state index < -0.39 is 5.97 Å². The van der Waals surface area contributed by atoms with Crippen LogP contribution in [-0.2, 0) is 4.74 Å². The van der Waals surface area contributed by atoms with Gasteiger partial charge in [0.05, 0.1) is 6.61 Å². The van der Waals surface area contributed by atoms with Crippen molar-refractivity contribution < 1.29 is 20.1 Å². The average molecular weight is 444 g/mol. The summed E-state index contributed by atoms with van der Waals surface area (Å²) < 4.78 is 5.26. The molecule has 31 heavy (non-hydrogen) atoms. The van der Waals surface area contributed by atoms with E-state index in [9.17, 15) is 15.3 Å². The van der Waals surface area contributed by atoms with E-state index in [0.717, 1.165) is 25.7 Å². The Hall–Kier alpha value is -0.290. The van der Waals surface area contributed by atoms with Crippen LogP contribution < -0.4 is 0 Å². The molecule has 0 aromatic rings. The summed E-state index contributed by atoms with van der Waals surface area (Å²) in [6.07, 6.45) is 27.9. The quantitative estimate of drug-likeness (QED) is 0.0765.